The fraction of sp³-hybridized carbons (Fsp3) is 0.143. The van der Waals surface area contributed by atoms with E-state index in [1.54, 1.807) is 6.20 Å². The molecule has 0 atom stereocenters. The zero-order valence-corrected chi connectivity index (χ0v) is 10.8. The van der Waals surface area contributed by atoms with Gasteiger partial charge in [-0.3, -0.25) is 0 Å². The van der Waals surface area contributed by atoms with Crippen LogP contribution in [0.3, 0.4) is 0 Å². The molecule has 3 nitrogen and oxygen atoms in total. The number of carbonyl (C=O) groups is 1. The van der Waals surface area contributed by atoms with Gasteiger partial charge in [0.15, 0.2) is 0 Å². The molecule has 0 N–H and O–H groups in total. The summed E-state index contributed by atoms with van der Waals surface area (Å²) in [5.74, 6) is -0.321. The van der Waals surface area contributed by atoms with Crippen LogP contribution < -0.4 is 0 Å². The number of ether oxygens (including phenoxy) is 1. The molecule has 1 aromatic carbocycles. The van der Waals surface area contributed by atoms with Crippen LogP contribution in [0.1, 0.15) is 20.2 Å². The van der Waals surface area contributed by atoms with Gasteiger partial charge in [-0.15, -0.1) is 11.3 Å². The van der Waals surface area contributed by atoms with Crippen molar-refractivity contribution >= 4 is 23.4 Å². The topological polar surface area (TPSA) is 39.2 Å². The zero-order chi connectivity index (χ0) is 12.8. The average Bonchev–Trinajstić information content (AvgIpc) is 2.82. The normalized spacial score (nSPS) is 10.7. The lowest BCUT2D eigenvalue weighted by molar-refractivity contribution is 0.0555. The number of thiazole rings is 1. The van der Waals surface area contributed by atoms with E-state index in [2.05, 4.69) is 4.98 Å². The number of benzene rings is 1. The molecule has 92 valence electrons. The molecule has 2 rings (SSSR count). The number of hydrogen-bond donors (Lipinski definition) is 0. The first-order valence-corrected chi connectivity index (χ1v) is 6.38. The van der Waals surface area contributed by atoms with E-state index in [1.165, 1.54) is 11.3 Å². The molecule has 0 aliphatic rings. The van der Waals surface area contributed by atoms with E-state index in [9.17, 15) is 4.79 Å². The van der Waals surface area contributed by atoms with Gasteiger partial charge in [0, 0.05) is 0 Å². The molecule has 1 aromatic heterocycles. The molecule has 0 unspecified atom stereocenters. The van der Waals surface area contributed by atoms with E-state index in [0.29, 0.717) is 4.88 Å². The Morgan fingerprint density at radius 1 is 1.39 bits per heavy atom. The van der Waals surface area contributed by atoms with Crippen LogP contribution in [0.15, 0.2) is 42.6 Å². The molecule has 0 aliphatic carbocycles. The Bertz CT molecular complexity index is 546. The summed E-state index contributed by atoms with van der Waals surface area (Å²) in [6.07, 6.45) is 5.29. The van der Waals surface area contributed by atoms with Crippen molar-refractivity contribution in [2.45, 2.75) is 6.92 Å². The third-order valence-electron chi connectivity index (χ3n) is 2.24. The molecule has 0 fully saturated rings. The van der Waals surface area contributed by atoms with Gasteiger partial charge >= 0.3 is 5.97 Å². The predicted octanol–water partition coefficient (Wildman–Crippen LogP) is 3.32. The summed E-state index contributed by atoms with van der Waals surface area (Å²) >= 11 is 1.34. The van der Waals surface area contributed by atoms with Crippen molar-refractivity contribution in [1.29, 1.82) is 0 Å². The fourth-order valence-electron chi connectivity index (χ4n) is 1.40. The summed E-state index contributed by atoms with van der Waals surface area (Å²) in [6.45, 7) is 2.13. The summed E-state index contributed by atoms with van der Waals surface area (Å²) in [5.41, 5.74) is 1.09. The minimum atomic E-state index is -0.321. The van der Waals surface area contributed by atoms with Gasteiger partial charge in [0.2, 0.25) is 0 Å². The van der Waals surface area contributed by atoms with Crippen LogP contribution in [0.2, 0.25) is 0 Å². The molecule has 1 heterocycles. The number of carbonyl (C=O) groups excluding carboxylic acids is 1. The Balaban J connectivity index is 1.82. The lowest BCUT2D eigenvalue weighted by Crippen LogP contribution is -2.02. The van der Waals surface area contributed by atoms with Crippen molar-refractivity contribution in [3.05, 3.63) is 58.1 Å². The van der Waals surface area contributed by atoms with Crippen molar-refractivity contribution in [3.63, 3.8) is 0 Å². The Labute approximate surface area is 110 Å². The lowest BCUT2D eigenvalue weighted by atomic mass is 10.2. The second-order valence-corrected chi connectivity index (χ2v) is 4.89. The Morgan fingerprint density at radius 2 is 2.17 bits per heavy atom. The highest BCUT2D eigenvalue weighted by atomic mass is 32.1. The Morgan fingerprint density at radius 3 is 2.83 bits per heavy atom. The molecule has 2 aromatic rings. The van der Waals surface area contributed by atoms with Crippen LogP contribution in [-0.4, -0.2) is 17.6 Å². The maximum absolute atomic E-state index is 11.6. The first kappa shape index (κ1) is 12.5. The first-order chi connectivity index (χ1) is 8.75. The van der Waals surface area contributed by atoms with Crippen molar-refractivity contribution in [1.82, 2.24) is 4.98 Å². The standard InChI is InChI=1S/C14H13NO2S/c1-11-15-10-13(18-11)14(16)17-9-5-8-12-6-3-2-4-7-12/h2-8,10H,9H2,1H3/b8-5+. The summed E-state index contributed by atoms with van der Waals surface area (Å²) in [6, 6.07) is 9.87. The molecule has 0 spiro atoms. The van der Waals surface area contributed by atoms with Gasteiger partial charge in [-0.1, -0.05) is 36.4 Å². The smallest absolute Gasteiger partial charge is 0.350 e. The average molecular weight is 259 g/mol. The van der Waals surface area contributed by atoms with Crippen LogP contribution in [0.5, 0.6) is 0 Å². The van der Waals surface area contributed by atoms with Crippen molar-refractivity contribution in [2.24, 2.45) is 0 Å². The number of hydrogen-bond acceptors (Lipinski definition) is 4. The summed E-state index contributed by atoms with van der Waals surface area (Å²) in [7, 11) is 0. The summed E-state index contributed by atoms with van der Waals surface area (Å²) in [4.78, 5) is 16.1. The minimum Gasteiger partial charge on any atom is -0.457 e. The van der Waals surface area contributed by atoms with E-state index < -0.39 is 0 Å². The second-order valence-electron chi connectivity index (χ2n) is 3.66. The van der Waals surface area contributed by atoms with E-state index in [0.717, 1.165) is 10.6 Å². The molecule has 0 aliphatic heterocycles. The maximum atomic E-state index is 11.6. The fourth-order valence-corrected chi connectivity index (χ4v) is 2.07. The van der Waals surface area contributed by atoms with Gasteiger partial charge in [0.05, 0.1) is 11.2 Å². The Kier molecular flexibility index (Phi) is 4.25. The van der Waals surface area contributed by atoms with Crippen molar-refractivity contribution in [2.75, 3.05) is 6.61 Å². The van der Waals surface area contributed by atoms with Gasteiger partial charge in [0.1, 0.15) is 11.5 Å². The van der Waals surface area contributed by atoms with Crippen LogP contribution >= 0.6 is 11.3 Å². The van der Waals surface area contributed by atoms with Crippen molar-refractivity contribution in [3.8, 4) is 0 Å². The second kappa shape index (κ2) is 6.12. The molecule has 4 heteroatoms. The largest absolute Gasteiger partial charge is 0.457 e. The molecular weight excluding hydrogens is 246 g/mol. The van der Waals surface area contributed by atoms with Gasteiger partial charge in [-0.25, -0.2) is 9.78 Å². The van der Waals surface area contributed by atoms with Gasteiger partial charge < -0.3 is 4.74 Å². The minimum absolute atomic E-state index is 0.269. The van der Waals surface area contributed by atoms with Gasteiger partial charge in [-0.05, 0) is 18.6 Å². The number of esters is 1. The molecular formula is C14H13NO2S. The van der Waals surface area contributed by atoms with E-state index in [1.807, 2.05) is 49.4 Å². The van der Waals surface area contributed by atoms with E-state index >= 15 is 0 Å². The Hall–Kier alpha value is -1.94. The number of rotatable bonds is 4. The van der Waals surface area contributed by atoms with Crippen LogP contribution in [0.25, 0.3) is 6.08 Å². The lowest BCUT2D eigenvalue weighted by Gasteiger charge is -1.98. The highest BCUT2D eigenvalue weighted by molar-refractivity contribution is 7.13. The van der Waals surface area contributed by atoms with Crippen LogP contribution in [0.4, 0.5) is 0 Å². The number of nitrogens with zero attached hydrogens (tertiary/aromatic N) is 1. The van der Waals surface area contributed by atoms with E-state index in [-0.39, 0.29) is 12.6 Å². The highest BCUT2D eigenvalue weighted by Gasteiger charge is 2.09. The summed E-state index contributed by atoms with van der Waals surface area (Å²) in [5, 5.41) is 0.863. The van der Waals surface area contributed by atoms with Crippen molar-refractivity contribution < 1.29 is 9.53 Å². The van der Waals surface area contributed by atoms with E-state index in [4.69, 9.17) is 4.74 Å². The number of aryl methyl sites for hydroxylation is 1. The zero-order valence-electron chi connectivity index (χ0n) is 10.00. The first-order valence-electron chi connectivity index (χ1n) is 5.57. The molecule has 0 saturated heterocycles. The predicted molar refractivity (Wildman–Crippen MR) is 72.6 cm³/mol. The molecule has 0 saturated carbocycles. The third kappa shape index (κ3) is 3.53. The molecule has 0 bridgehead atoms. The monoisotopic (exact) mass is 259 g/mol. The quantitative estimate of drug-likeness (QED) is 0.791. The number of aromatic nitrogens is 1. The highest BCUT2D eigenvalue weighted by Crippen LogP contribution is 2.12. The molecule has 0 amide bonds. The third-order valence-corrected chi connectivity index (χ3v) is 3.14. The molecule has 0 radical (unpaired) electrons. The van der Waals surface area contributed by atoms with Gasteiger partial charge in [0.25, 0.3) is 0 Å². The summed E-state index contributed by atoms with van der Waals surface area (Å²) < 4.78 is 5.11. The SMILES string of the molecule is Cc1ncc(C(=O)OC/C=C/c2ccccc2)s1. The molecule has 18 heavy (non-hydrogen) atoms. The maximum Gasteiger partial charge on any atom is 0.350 e. The van der Waals surface area contributed by atoms with Crippen LogP contribution in [-0.2, 0) is 4.74 Å². The van der Waals surface area contributed by atoms with Crippen LogP contribution in [0, 0.1) is 6.92 Å². The van der Waals surface area contributed by atoms with Gasteiger partial charge in [-0.2, -0.15) is 0 Å².